The summed E-state index contributed by atoms with van der Waals surface area (Å²) in [5.41, 5.74) is 1.70. The minimum absolute atomic E-state index is 0.289. The first-order valence-corrected chi connectivity index (χ1v) is 6.40. The monoisotopic (exact) mass is 284 g/mol. The molecule has 0 radical (unpaired) electrons. The molecule has 0 aliphatic rings. The van der Waals surface area contributed by atoms with Gasteiger partial charge in [-0.15, -0.1) is 0 Å². The van der Waals surface area contributed by atoms with E-state index in [1.165, 1.54) is 12.0 Å². The van der Waals surface area contributed by atoms with Gasteiger partial charge in [0, 0.05) is 18.4 Å². The molecule has 0 aromatic heterocycles. The summed E-state index contributed by atoms with van der Waals surface area (Å²) in [6.45, 7) is 0. The Morgan fingerprint density at radius 2 is 1.76 bits per heavy atom. The first-order valence-electron chi connectivity index (χ1n) is 6.40. The molecule has 0 aliphatic carbocycles. The Hall–Kier alpha value is -2.82. The number of hydrogen-bond donors (Lipinski definition) is 1. The first-order chi connectivity index (χ1) is 10.1. The van der Waals surface area contributed by atoms with Crippen LogP contribution in [0.1, 0.15) is 10.4 Å². The van der Waals surface area contributed by atoms with E-state index in [2.05, 4.69) is 10.1 Å². The predicted molar refractivity (Wildman–Crippen MR) is 81.6 cm³/mol. The zero-order chi connectivity index (χ0) is 15.2. The molecular weight excluding hydrogens is 268 g/mol. The summed E-state index contributed by atoms with van der Waals surface area (Å²) in [4.78, 5) is 25.1. The highest BCUT2D eigenvalue weighted by Crippen LogP contribution is 2.15. The summed E-state index contributed by atoms with van der Waals surface area (Å²) in [6, 6.07) is 15.6. The van der Waals surface area contributed by atoms with E-state index in [9.17, 15) is 9.59 Å². The highest BCUT2D eigenvalue weighted by molar-refractivity contribution is 6.02. The Bertz CT molecular complexity index is 641. The third-order valence-electron chi connectivity index (χ3n) is 2.98. The van der Waals surface area contributed by atoms with Gasteiger partial charge in [0.1, 0.15) is 0 Å². The van der Waals surface area contributed by atoms with Crippen molar-refractivity contribution in [2.45, 2.75) is 0 Å². The number of carbonyl (C=O) groups is 2. The van der Waals surface area contributed by atoms with Crippen LogP contribution in [-0.4, -0.2) is 26.2 Å². The van der Waals surface area contributed by atoms with E-state index in [-0.39, 0.29) is 6.03 Å². The third kappa shape index (κ3) is 3.60. The number of para-hydroxylation sites is 1. The van der Waals surface area contributed by atoms with E-state index in [0.717, 1.165) is 5.69 Å². The van der Waals surface area contributed by atoms with Crippen molar-refractivity contribution in [3.63, 3.8) is 0 Å². The number of esters is 1. The average Bonchev–Trinajstić information content (AvgIpc) is 2.54. The van der Waals surface area contributed by atoms with Gasteiger partial charge >= 0.3 is 12.0 Å². The molecule has 0 heterocycles. The van der Waals surface area contributed by atoms with Crippen molar-refractivity contribution in [2.75, 3.05) is 24.4 Å². The van der Waals surface area contributed by atoms with Crippen molar-refractivity contribution in [3.8, 4) is 0 Å². The van der Waals surface area contributed by atoms with Crippen molar-refractivity contribution in [3.05, 3.63) is 60.2 Å². The number of anilines is 2. The van der Waals surface area contributed by atoms with Gasteiger partial charge in [-0.1, -0.05) is 24.3 Å². The lowest BCUT2D eigenvalue weighted by atomic mass is 10.2. The standard InChI is InChI=1S/C16H16N2O3/c1-18(14-9-4-3-5-10-14)16(20)17-13-8-6-7-12(11-13)15(19)21-2/h3-11H,1-2H3,(H,17,20). The molecule has 0 saturated heterocycles. The van der Waals surface area contributed by atoms with Gasteiger partial charge in [-0.2, -0.15) is 0 Å². The fourth-order valence-electron chi connectivity index (χ4n) is 1.82. The number of benzene rings is 2. The van der Waals surface area contributed by atoms with Crippen molar-refractivity contribution in [1.82, 2.24) is 0 Å². The van der Waals surface area contributed by atoms with Crippen LogP contribution in [0, 0.1) is 0 Å². The maximum Gasteiger partial charge on any atom is 0.337 e. The fourth-order valence-corrected chi connectivity index (χ4v) is 1.82. The van der Waals surface area contributed by atoms with E-state index < -0.39 is 5.97 Å². The molecule has 5 heteroatoms. The number of amides is 2. The minimum atomic E-state index is -0.442. The second-order valence-corrected chi connectivity index (χ2v) is 4.40. The SMILES string of the molecule is COC(=O)c1cccc(NC(=O)N(C)c2ccccc2)c1. The summed E-state index contributed by atoms with van der Waals surface area (Å²) >= 11 is 0. The van der Waals surface area contributed by atoms with Gasteiger partial charge in [-0.05, 0) is 30.3 Å². The van der Waals surface area contributed by atoms with Gasteiger partial charge in [0.25, 0.3) is 0 Å². The average molecular weight is 284 g/mol. The molecule has 0 unspecified atom stereocenters. The van der Waals surface area contributed by atoms with Crippen LogP contribution < -0.4 is 10.2 Å². The second-order valence-electron chi connectivity index (χ2n) is 4.40. The molecule has 0 fully saturated rings. The van der Waals surface area contributed by atoms with Crippen molar-refractivity contribution in [2.24, 2.45) is 0 Å². The van der Waals surface area contributed by atoms with Crippen molar-refractivity contribution >= 4 is 23.4 Å². The van der Waals surface area contributed by atoms with Crippen LogP contribution in [0.5, 0.6) is 0 Å². The van der Waals surface area contributed by atoms with E-state index in [4.69, 9.17) is 0 Å². The lowest BCUT2D eigenvalue weighted by Crippen LogP contribution is -2.31. The second kappa shape index (κ2) is 6.56. The lowest BCUT2D eigenvalue weighted by Gasteiger charge is -2.18. The number of ether oxygens (including phenoxy) is 1. The maximum absolute atomic E-state index is 12.2. The molecule has 2 aromatic rings. The van der Waals surface area contributed by atoms with Crippen molar-refractivity contribution < 1.29 is 14.3 Å². The number of hydrogen-bond acceptors (Lipinski definition) is 3. The smallest absolute Gasteiger partial charge is 0.337 e. The quantitative estimate of drug-likeness (QED) is 0.881. The summed E-state index contributed by atoms with van der Waals surface area (Å²) < 4.78 is 4.65. The van der Waals surface area contributed by atoms with Gasteiger partial charge in [0.2, 0.25) is 0 Å². The Kier molecular flexibility index (Phi) is 4.56. The van der Waals surface area contributed by atoms with E-state index in [1.54, 1.807) is 31.3 Å². The fraction of sp³-hybridized carbons (Fsp3) is 0.125. The van der Waals surface area contributed by atoms with Gasteiger partial charge < -0.3 is 10.1 Å². The molecule has 0 spiro atoms. The molecule has 2 aromatic carbocycles. The minimum Gasteiger partial charge on any atom is -0.465 e. The van der Waals surface area contributed by atoms with Crippen molar-refractivity contribution in [1.29, 1.82) is 0 Å². The number of rotatable bonds is 3. The third-order valence-corrected chi connectivity index (χ3v) is 2.98. The van der Waals surface area contributed by atoms with Crippen LogP contribution in [0.2, 0.25) is 0 Å². The van der Waals surface area contributed by atoms with E-state index in [1.807, 2.05) is 30.3 Å². The van der Waals surface area contributed by atoms with Crippen LogP contribution in [-0.2, 0) is 4.74 Å². The van der Waals surface area contributed by atoms with Crippen LogP contribution in [0.3, 0.4) is 0 Å². The number of urea groups is 1. The van der Waals surface area contributed by atoms with Crippen LogP contribution in [0.15, 0.2) is 54.6 Å². The predicted octanol–water partition coefficient (Wildman–Crippen LogP) is 3.14. The summed E-state index contributed by atoms with van der Waals surface area (Å²) in [6.07, 6.45) is 0. The molecule has 0 bridgehead atoms. The molecule has 5 nitrogen and oxygen atoms in total. The highest BCUT2D eigenvalue weighted by atomic mass is 16.5. The lowest BCUT2D eigenvalue weighted by molar-refractivity contribution is 0.0600. The molecule has 0 atom stereocenters. The van der Waals surface area contributed by atoms with Crippen LogP contribution >= 0.6 is 0 Å². The summed E-state index contributed by atoms with van der Waals surface area (Å²) in [5.74, 6) is -0.442. The number of nitrogens with one attached hydrogen (secondary N) is 1. The Morgan fingerprint density at radius 1 is 1.05 bits per heavy atom. The number of nitrogens with zero attached hydrogens (tertiary/aromatic N) is 1. The molecule has 0 aliphatic heterocycles. The molecule has 1 N–H and O–H groups in total. The number of carbonyl (C=O) groups excluding carboxylic acids is 2. The van der Waals surface area contributed by atoms with Gasteiger partial charge in [0.15, 0.2) is 0 Å². The largest absolute Gasteiger partial charge is 0.465 e. The van der Waals surface area contributed by atoms with E-state index in [0.29, 0.717) is 11.3 Å². The van der Waals surface area contributed by atoms with Gasteiger partial charge in [0.05, 0.1) is 12.7 Å². The molecule has 2 rings (SSSR count). The van der Waals surface area contributed by atoms with Gasteiger partial charge in [-0.25, -0.2) is 9.59 Å². The zero-order valence-electron chi connectivity index (χ0n) is 11.9. The molecule has 108 valence electrons. The first kappa shape index (κ1) is 14.6. The van der Waals surface area contributed by atoms with Crippen LogP contribution in [0.4, 0.5) is 16.2 Å². The Morgan fingerprint density at radius 3 is 2.43 bits per heavy atom. The zero-order valence-corrected chi connectivity index (χ0v) is 11.9. The normalized spacial score (nSPS) is 9.81. The van der Waals surface area contributed by atoms with Crippen LogP contribution in [0.25, 0.3) is 0 Å². The Labute approximate surface area is 123 Å². The summed E-state index contributed by atoms with van der Waals surface area (Å²) in [7, 11) is 2.99. The van der Waals surface area contributed by atoms with E-state index >= 15 is 0 Å². The summed E-state index contributed by atoms with van der Waals surface area (Å²) in [5, 5.41) is 2.74. The number of methoxy groups -OCH3 is 1. The molecule has 0 saturated carbocycles. The Balaban J connectivity index is 2.11. The molecular formula is C16H16N2O3. The maximum atomic E-state index is 12.2. The van der Waals surface area contributed by atoms with Gasteiger partial charge in [-0.3, -0.25) is 4.90 Å². The molecule has 21 heavy (non-hydrogen) atoms. The highest BCUT2D eigenvalue weighted by Gasteiger charge is 2.12. The topological polar surface area (TPSA) is 58.6 Å². The molecule has 2 amide bonds.